The summed E-state index contributed by atoms with van der Waals surface area (Å²) in [6, 6.07) is 6.06. The second-order valence-electron chi connectivity index (χ2n) is 5.82. The third-order valence-electron chi connectivity index (χ3n) is 3.04. The molecule has 1 aromatic heterocycles. The van der Waals surface area contributed by atoms with E-state index in [1.807, 2.05) is 20.8 Å². The van der Waals surface area contributed by atoms with Crippen molar-refractivity contribution in [3.05, 3.63) is 35.0 Å². The summed E-state index contributed by atoms with van der Waals surface area (Å²) in [7, 11) is -2.46. The van der Waals surface area contributed by atoms with Crippen LogP contribution in [0, 0.1) is 0 Å². The van der Waals surface area contributed by atoms with Crippen LogP contribution in [-0.4, -0.2) is 25.7 Å². The number of halogens is 1. The summed E-state index contributed by atoms with van der Waals surface area (Å²) in [6.45, 7) is 6.00. The average Bonchev–Trinajstić information content (AvgIpc) is 2.86. The van der Waals surface area contributed by atoms with Crippen molar-refractivity contribution in [3.8, 4) is 5.75 Å². The van der Waals surface area contributed by atoms with Crippen molar-refractivity contribution < 1.29 is 13.2 Å². The summed E-state index contributed by atoms with van der Waals surface area (Å²) < 4.78 is 32.5. The molecule has 0 aliphatic rings. The normalized spacial score (nSPS) is 12.2. The lowest BCUT2D eigenvalue weighted by molar-refractivity contribution is 0.403. The number of ether oxygens (including phenoxy) is 1. The highest BCUT2D eigenvalue weighted by molar-refractivity contribution is 7.92. The van der Waals surface area contributed by atoms with Crippen LogP contribution < -0.4 is 9.46 Å². The van der Waals surface area contributed by atoms with Crippen LogP contribution in [-0.2, 0) is 15.4 Å². The average molecular weight is 344 g/mol. The van der Waals surface area contributed by atoms with Crippen LogP contribution in [0.2, 0.25) is 5.02 Å². The quantitative estimate of drug-likeness (QED) is 0.893. The number of hydrogen-bond acceptors (Lipinski definition) is 4. The highest BCUT2D eigenvalue weighted by Crippen LogP contribution is 2.29. The van der Waals surface area contributed by atoms with Crippen LogP contribution in [0.25, 0.3) is 0 Å². The summed E-state index contributed by atoms with van der Waals surface area (Å²) >= 11 is 5.88. The van der Waals surface area contributed by atoms with Gasteiger partial charge in [0.15, 0.2) is 5.82 Å². The van der Waals surface area contributed by atoms with Gasteiger partial charge in [0.1, 0.15) is 10.6 Å². The molecule has 8 heteroatoms. The number of nitrogens with zero attached hydrogens (tertiary/aromatic N) is 1. The molecule has 1 heterocycles. The maximum Gasteiger partial charge on any atom is 0.266 e. The highest BCUT2D eigenvalue weighted by atomic mass is 35.5. The number of anilines is 1. The van der Waals surface area contributed by atoms with Gasteiger partial charge >= 0.3 is 0 Å². The Hall–Kier alpha value is -1.73. The predicted molar refractivity (Wildman–Crippen MR) is 86.1 cm³/mol. The van der Waals surface area contributed by atoms with Crippen LogP contribution >= 0.6 is 11.6 Å². The van der Waals surface area contributed by atoms with E-state index in [0.717, 1.165) is 5.69 Å². The van der Waals surface area contributed by atoms with Crippen molar-refractivity contribution in [1.29, 1.82) is 0 Å². The molecule has 0 spiro atoms. The van der Waals surface area contributed by atoms with Crippen molar-refractivity contribution in [2.24, 2.45) is 0 Å². The standard InChI is InChI=1S/C14H18ClN3O3S/c1-14(2,3)12-8-13(17-16-12)18-22(19,20)11-7-9(15)5-6-10(11)21-4/h5-8H,1-4H3,(H2,16,17,18). The fourth-order valence-corrected chi connectivity index (χ4v) is 3.24. The van der Waals surface area contributed by atoms with Gasteiger partial charge < -0.3 is 4.74 Å². The van der Waals surface area contributed by atoms with E-state index in [1.165, 1.54) is 19.2 Å². The molecule has 0 aliphatic carbocycles. The summed E-state index contributed by atoms with van der Waals surface area (Å²) in [4.78, 5) is -0.0391. The minimum absolute atomic E-state index is 0.0391. The largest absolute Gasteiger partial charge is 0.495 e. The number of aromatic amines is 1. The molecule has 2 N–H and O–H groups in total. The van der Waals surface area contributed by atoms with E-state index >= 15 is 0 Å². The van der Waals surface area contributed by atoms with Gasteiger partial charge in [-0.25, -0.2) is 8.42 Å². The molecule has 0 fully saturated rings. The number of methoxy groups -OCH3 is 1. The first kappa shape index (κ1) is 16.6. The molecule has 1 aromatic carbocycles. The van der Waals surface area contributed by atoms with E-state index in [2.05, 4.69) is 14.9 Å². The molecule has 0 aliphatic heterocycles. The number of rotatable bonds is 4. The SMILES string of the molecule is COc1ccc(Cl)cc1S(=O)(=O)Nc1cc(C(C)(C)C)[nH]n1. The van der Waals surface area contributed by atoms with Crippen molar-refractivity contribution in [1.82, 2.24) is 10.2 Å². The molecule has 22 heavy (non-hydrogen) atoms. The van der Waals surface area contributed by atoms with Crippen LogP contribution in [0.15, 0.2) is 29.2 Å². The zero-order valence-corrected chi connectivity index (χ0v) is 14.3. The molecule has 120 valence electrons. The molecule has 6 nitrogen and oxygen atoms in total. The Kier molecular flexibility index (Phi) is 4.39. The van der Waals surface area contributed by atoms with Gasteiger partial charge in [-0.2, -0.15) is 5.10 Å². The second kappa shape index (κ2) is 5.81. The molecule has 0 radical (unpaired) electrons. The van der Waals surface area contributed by atoms with Crippen LogP contribution in [0.3, 0.4) is 0 Å². The minimum Gasteiger partial charge on any atom is -0.495 e. The van der Waals surface area contributed by atoms with Crippen molar-refractivity contribution in [2.45, 2.75) is 31.1 Å². The van der Waals surface area contributed by atoms with Gasteiger partial charge in [0.05, 0.1) is 7.11 Å². The van der Waals surface area contributed by atoms with Crippen molar-refractivity contribution in [3.63, 3.8) is 0 Å². The number of benzene rings is 1. The third-order valence-corrected chi connectivity index (χ3v) is 4.65. The van der Waals surface area contributed by atoms with E-state index in [-0.39, 0.29) is 21.9 Å². The molecule has 2 rings (SSSR count). The summed E-state index contributed by atoms with van der Waals surface area (Å²) in [5.74, 6) is 0.426. The van der Waals surface area contributed by atoms with E-state index in [0.29, 0.717) is 5.02 Å². The van der Waals surface area contributed by atoms with E-state index in [9.17, 15) is 8.42 Å². The number of hydrogen-bond donors (Lipinski definition) is 2. The third kappa shape index (κ3) is 3.53. The van der Waals surface area contributed by atoms with E-state index in [1.54, 1.807) is 12.1 Å². The Labute approximate surface area is 134 Å². The Bertz CT molecular complexity index is 779. The molecule has 2 aromatic rings. The lowest BCUT2D eigenvalue weighted by Gasteiger charge is -2.14. The van der Waals surface area contributed by atoms with Gasteiger partial charge in [-0.15, -0.1) is 0 Å². The smallest absolute Gasteiger partial charge is 0.266 e. The zero-order valence-electron chi connectivity index (χ0n) is 12.8. The van der Waals surface area contributed by atoms with Crippen LogP contribution in [0.1, 0.15) is 26.5 Å². The number of H-pyrrole nitrogens is 1. The summed E-state index contributed by atoms with van der Waals surface area (Å²) in [5.41, 5.74) is 0.660. The zero-order chi connectivity index (χ0) is 16.5. The van der Waals surface area contributed by atoms with E-state index < -0.39 is 10.0 Å². The minimum atomic E-state index is -3.85. The Morgan fingerprint density at radius 2 is 1.95 bits per heavy atom. The fourth-order valence-electron chi connectivity index (χ4n) is 1.81. The summed E-state index contributed by atoms with van der Waals surface area (Å²) in [6.07, 6.45) is 0. The lowest BCUT2D eigenvalue weighted by atomic mass is 9.92. The van der Waals surface area contributed by atoms with Crippen LogP contribution in [0.5, 0.6) is 5.75 Å². The van der Waals surface area contributed by atoms with Gasteiger partial charge in [-0.1, -0.05) is 32.4 Å². The molecule has 0 saturated heterocycles. The monoisotopic (exact) mass is 343 g/mol. The molecule has 0 atom stereocenters. The molecule has 0 unspecified atom stereocenters. The molecular weight excluding hydrogens is 326 g/mol. The Balaban J connectivity index is 2.36. The predicted octanol–water partition coefficient (Wildman–Crippen LogP) is 3.17. The Morgan fingerprint density at radius 1 is 1.27 bits per heavy atom. The molecule has 0 bridgehead atoms. The van der Waals surface area contributed by atoms with Gasteiger partial charge in [-0.05, 0) is 18.2 Å². The van der Waals surface area contributed by atoms with E-state index in [4.69, 9.17) is 16.3 Å². The topological polar surface area (TPSA) is 84.1 Å². The highest BCUT2D eigenvalue weighted by Gasteiger charge is 2.23. The summed E-state index contributed by atoms with van der Waals surface area (Å²) in [5, 5.41) is 7.11. The van der Waals surface area contributed by atoms with Crippen LogP contribution in [0.4, 0.5) is 5.82 Å². The van der Waals surface area contributed by atoms with Gasteiger partial charge in [0.25, 0.3) is 10.0 Å². The maximum atomic E-state index is 12.5. The lowest BCUT2D eigenvalue weighted by Crippen LogP contribution is -2.14. The van der Waals surface area contributed by atoms with Gasteiger partial charge in [0.2, 0.25) is 0 Å². The van der Waals surface area contributed by atoms with Gasteiger partial charge in [0, 0.05) is 22.2 Å². The van der Waals surface area contributed by atoms with Gasteiger partial charge in [-0.3, -0.25) is 9.82 Å². The van der Waals surface area contributed by atoms with Crippen molar-refractivity contribution in [2.75, 3.05) is 11.8 Å². The number of aromatic nitrogens is 2. The fraction of sp³-hybridized carbons (Fsp3) is 0.357. The first-order valence-corrected chi connectivity index (χ1v) is 8.42. The van der Waals surface area contributed by atoms with Crippen molar-refractivity contribution >= 4 is 27.4 Å². The maximum absolute atomic E-state index is 12.5. The molecule has 0 amide bonds. The first-order chi connectivity index (χ1) is 10.1. The second-order valence-corrected chi connectivity index (χ2v) is 7.90. The first-order valence-electron chi connectivity index (χ1n) is 6.56. The Morgan fingerprint density at radius 3 is 2.50 bits per heavy atom. The molecular formula is C14H18ClN3O3S. The molecule has 0 saturated carbocycles. The number of nitrogens with one attached hydrogen (secondary N) is 2. The number of sulfonamides is 1.